The van der Waals surface area contributed by atoms with E-state index in [9.17, 15) is 14.9 Å². The highest BCUT2D eigenvalue weighted by Crippen LogP contribution is 2.42. The fourth-order valence-electron chi connectivity index (χ4n) is 3.84. The molecular weight excluding hydrogens is 308 g/mol. The molecule has 2 saturated heterocycles. The number of allylic oxidation sites excluding steroid dienone is 1. The Morgan fingerprint density at radius 2 is 1.78 bits per heavy atom. The van der Waals surface area contributed by atoms with E-state index in [1.807, 2.05) is 17.0 Å². The van der Waals surface area contributed by atoms with Crippen LogP contribution in [-0.2, 0) is 4.79 Å². The predicted molar refractivity (Wildman–Crippen MR) is 92.5 cm³/mol. The van der Waals surface area contributed by atoms with Crippen molar-refractivity contribution in [3.05, 3.63) is 45.6 Å². The number of nitro groups is 1. The lowest BCUT2D eigenvalue weighted by Crippen LogP contribution is -2.31. The van der Waals surface area contributed by atoms with E-state index in [-0.39, 0.29) is 16.5 Å². The van der Waals surface area contributed by atoms with Gasteiger partial charge < -0.3 is 4.90 Å². The fourth-order valence-corrected chi connectivity index (χ4v) is 5.98. The molecule has 0 spiro atoms. The third-order valence-electron chi connectivity index (χ3n) is 4.74. The van der Waals surface area contributed by atoms with Crippen LogP contribution in [0.15, 0.2) is 30.0 Å². The molecule has 1 unspecified atom stereocenters. The minimum Gasteiger partial charge on any atom is -0.313 e. The van der Waals surface area contributed by atoms with Crippen LogP contribution in [0.4, 0.5) is 5.69 Å². The lowest BCUT2D eigenvalue weighted by atomic mass is 10.1. The maximum absolute atomic E-state index is 12.3. The topological polar surface area (TPSA) is 63.5 Å². The molecule has 2 aliphatic rings. The minimum atomic E-state index is -1.71. The zero-order valence-electron chi connectivity index (χ0n) is 13.8. The van der Waals surface area contributed by atoms with Crippen LogP contribution < -0.4 is 0 Å². The highest BCUT2D eigenvalue weighted by Gasteiger charge is 2.41. The molecule has 2 heterocycles. The smallest absolute Gasteiger partial charge is 0.269 e. The van der Waals surface area contributed by atoms with E-state index in [0.717, 1.165) is 24.8 Å². The second-order valence-corrected chi connectivity index (χ2v) is 12.4. The van der Waals surface area contributed by atoms with Gasteiger partial charge in [0.1, 0.15) is 0 Å². The van der Waals surface area contributed by atoms with Gasteiger partial charge in [0.25, 0.3) is 5.69 Å². The lowest BCUT2D eigenvalue weighted by Gasteiger charge is -2.28. The van der Waals surface area contributed by atoms with Crippen LogP contribution in [0.2, 0.25) is 19.6 Å². The summed E-state index contributed by atoms with van der Waals surface area (Å²) in [4.78, 5) is 24.8. The fraction of sp³-hybridized carbons (Fsp3) is 0.471. The molecule has 6 heteroatoms. The van der Waals surface area contributed by atoms with Crippen molar-refractivity contribution in [1.82, 2.24) is 4.90 Å². The lowest BCUT2D eigenvalue weighted by molar-refractivity contribution is -0.384. The summed E-state index contributed by atoms with van der Waals surface area (Å²) in [5.41, 5.74) is 2.31. The van der Waals surface area contributed by atoms with Crippen molar-refractivity contribution in [2.45, 2.75) is 51.4 Å². The first-order valence-electron chi connectivity index (χ1n) is 8.09. The van der Waals surface area contributed by atoms with Crippen LogP contribution >= 0.6 is 0 Å². The van der Waals surface area contributed by atoms with Gasteiger partial charge in [-0.1, -0.05) is 19.6 Å². The van der Waals surface area contributed by atoms with Gasteiger partial charge in [-0.2, -0.15) is 0 Å². The van der Waals surface area contributed by atoms with E-state index in [1.165, 1.54) is 10.9 Å². The van der Waals surface area contributed by atoms with Gasteiger partial charge in [-0.05, 0) is 42.2 Å². The third kappa shape index (κ3) is 2.83. The van der Waals surface area contributed by atoms with Gasteiger partial charge in [-0.15, -0.1) is 0 Å². The molecule has 1 aromatic rings. The number of hydrogen-bond donors (Lipinski definition) is 0. The Labute approximate surface area is 137 Å². The summed E-state index contributed by atoms with van der Waals surface area (Å²) < 4.78 is 0. The van der Waals surface area contributed by atoms with Crippen molar-refractivity contribution in [3.8, 4) is 0 Å². The number of fused-ring (bicyclic) bond motifs is 1. The number of carbonyl (C=O) groups is 1. The predicted octanol–water partition coefficient (Wildman–Crippen LogP) is 3.97. The molecule has 1 atom stereocenters. The molecule has 2 fully saturated rings. The molecule has 0 radical (unpaired) electrons. The Kier molecular flexibility index (Phi) is 3.88. The quantitative estimate of drug-likeness (QED) is 0.478. The summed E-state index contributed by atoms with van der Waals surface area (Å²) >= 11 is 0. The Morgan fingerprint density at radius 3 is 2.35 bits per heavy atom. The SMILES string of the molecule is C[Si](C)(C)/C(=C1\CCC2CCC(=O)N12)c1ccc([N+](=O)[O-])cc1. The molecule has 0 N–H and O–H groups in total. The van der Waals surface area contributed by atoms with Crippen LogP contribution in [-0.4, -0.2) is 29.8 Å². The second kappa shape index (κ2) is 5.60. The molecule has 0 aromatic heterocycles. The first-order chi connectivity index (χ1) is 10.8. The molecule has 122 valence electrons. The highest BCUT2D eigenvalue weighted by atomic mass is 28.3. The number of nitrogens with zero attached hydrogens (tertiary/aromatic N) is 2. The molecule has 1 aromatic carbocycles. The molecule has 1 amide bonds. The maximum atomic E-state index is 12.3. The average Bonchev–Trinajstić information content (AvgIpc) is 3.03. The zero-order valence-corrected chi connectivity index (χ0v) is 14.8. The van der Waals surface area contributed by atoms with Gasteiger partial charge in [0.15, 0.2) is 0 Å². The second-order valence-electron chi connectivity index (χ2n) is 7.37. The molecular formula is C17H22N2O3Si. The molecule has 2 aliphatic heterocycles. The van der Waals surface area contributed by atoms with E-state index >= 15 is 0 Å². The van der Waals surface area contributed by atoms with Crippen molar-refractivity contribution in [2.24, 2.45) is 0 Å². The van der Waals surface area contributed by atoms with Crippen molar-refractivity contribution in [2.75, 3.05) is 0 Å². The van der Waals surface area contributed by atoms with Crippen LogP contribution in [0, 0.1) is 10.1 Å². The Bertz CT molecular complexity index is 689. The van der Waals surface area contributed by atoms with E-state index in [0.29, 0.717) is 12.5 Å². The van der Waals surface area contributed by atoms with E-state index in [4.69, 9.17) is 0 Å². The van der Waals surface area contributed by atoms with Gasteiger partial charge in [0.05, 0.1) is 13.0 Å². The molecule has 3 rings (SSSR count). The van der Waals surface area contributed by atoms with Gasteiger partial charge in [0, 0.05) is 30.3 Å². The first kappa shape index (κ1) is 15.9. The van der Waals surface area contributed by atoms with Crippen LogP contribution in [0.5, 0.6) is 0 Å². The molecule has 0 aliphatic carbocycles. The number of carbonyl (C=O) groups excluding carboxylic acids is 1. The number of benzene rings is 1. The van der Waals surface area contributed by atoms with Crippen molar-refractivity contribution >= 4 is 24.9 Å². The van der Waals surface area contributed by atoms with Crippen LogP contribution in [0.3, 0.4) is 0 Å². The summed E-state index contributed by atoms with van der Waals surface area (Å²) in [6.07, 6.45) is 3.59. The van der Waals surface area contributed by atoms with E-state index in [2.05, 4.69) is 19.6 Å². The number of hydrogen-bond acceptors (Lipinski definition) is 3. The summed E-state index contributed by atoms with van der Waals surface area (Å²) in [6, 6.07) is 7.17. The van der Waals surface area contributed by atoms with Crippen molar-refractivity contribution in [3.63, 3.8) is 0 Å². The van der Waals surface area contributed by atoms with Gasteiger partial charge in [-0.25, -0.2) is 0 Å². The zero-order chi connectivity index (χ0) is 16.8. The van der Waals surface area contributed by atoms with E-state index in [1.54, 1.807) is 12.1 Å². The highest BCUT2D eigenvalue weighted by molar-refractivity contribution is 6.93. The van der Waals surface area contributed by atoms with Crippen LogP contribution in [0.1, 0.15) is 31.2 Å². The number of non-ortho nitro benzene ring substituents is 1. The minimum absolute atomic E-state index is 0.107. The van der Waals surface area contributed by atoms with Gasteiger partial charge >= 0.3 is 0 Å². The van der Waals surface area contributed by atoms with Gasteiger partial charge in [0.2, 0.25) is 5.91 Å². The Hall–Kier alpha value is -1.95. The number of nitro benzene ring substituents is 1. The molecule has 0 saturated carbocycles. The Balaban J connectivity index is 2.10. The number of amides is 1. The van der Waals surface area contributed by atoms with Crippen molar-refractivity contribution < 1.29 is 9.72 Å². The normalized spacial score (nSPS) is 23.2. The molecule has 23 heavy (non-hydrogen) atoms. The average molecular weight is 330 g/mol. The maximum Gasteiger partial charge on any atom is 0.269 e. The summed E-state index contributed by atoms with van der Waals surface area (Å²) in [5.74, 6) is 0.236. The summed E-state index contributed by atoms with van der Waals surface area (Å²) in [5, 5.41) is 12.1. The largest absolute Gasteiger partial charge is 0.313 e. The van der Waals surface area contributed by atoms with E-state index < -0.39 is 8.07 Å². The van der Waals surface area contributed by atoms with Gasteiger partial charge in [-0.3, -0.25) is 14.9 Å². The molecule has 0 bridgehead atoms. The first-order valence-corrected chi connectivity index (χ1v) is 11.6. The standard InChI is InChI=1S/C17H22N2O3Si/c1-23(2,3)17(12-4-6-14(7-5-12)19(21)22)15-10-8-13-9-11-16(20)18(13)15/h4-7,13H,8-11H2,1-3H3/b17-15+. The summed E-state index contributed by atoms with van der Waals surface area (Å²) in [6.45, 7) is 6.81. The monoisotopic (exact) mass is 330 g/mol. The number of rotatable bonds is 3. The van der Waals surface area contributed by atoms with Crippen LogP contribution in [0.25, 0.3) is 5.20 Å². The third-order valence-corrected chi connectivity index (χ3v) is 6.81. The molecule has 5 nitrogen and oxygen atoms in total. The summed E-state index contributed by atoms with van der Waals surface area (Å²) in [7, 11) is -1.71. The Morgan fingerprint density at radius 1 is 1.17 bits per heavy atom. The van der Waals surface area contributed by atoms with Crippen molar-refractivity contribution in [1.29, 1.82) is 0 Å².